The second-order valence-corrected chi connectivity index (χ2v) is 5.86. The molecule has 0 aromatic rings. The Morgan fingerprint density at radius 3 is 1.91 bits per heavy atom. The van der Waals surface area contributed by atoms with E-state index in [4.69, 9.17) is 14.3 Å². The van der Waals surface area contributed by atoms with E-state index in [0.29, 0.717) is 0 Å². The maximum Gasteiger partial charge on any atom is 0.252 e. The van der Waals surface area contributed by atoms with Crippen molar-refractivity contribution >= 4 is 12.4 Å². The van der Waals surface area contributed by atoms with Crippen molar-refractivity contribution in [3.63, 3.8) is 0 Å². The van der Waals surface area contributed by atoms with Gasteiger partial charge in [0.1, 0.15) is 0 Å². The highest BCUT2D eigenvalue weighted by atomic mass is 35.5. The highest BCUT2D eigenvalue weighted by Crippen LogP contribution is 2.32. The minimum atomic E-state index is -0.643. The molecule has 0 N–H and O–H groups in total. The molecule has 1 fully saturated rings. The number of unbranched alkanes of at least 4 members (excludes halogenated alkanes) is 3. The molecule has 1 rings (SSSR count). The molecular weight excluding hydrogens is 302 g/mol. The minimum Gasteiger partial charge on any atom is -0.336 e. The number of halogens is 1. The first-order valence-electron chi connectivity index (χ1n) is 8.97. The van der Waals surface area contributed by atoms with Crippen LogP contribution in [-0.4, -0.2) is 37.3 Å². The summed E-state index contributed by atoms with van der Waals surface area (Å²) in [5.74, 6) is -0.643. The Labute approximate surface area is 143 Å². The Morgan fingerprint density at radius 1 is 0.818 bits per heavy atom. The second-order valence-electron chi connectivity index (χ2n) is 5.86. The number of hydroxylamine groups is 2. The fourth-order valence-corrected chi connectivity index (χ4v) is 2.46. The van der Waals surface area contributed by atoms with Gasteiger partial charge in [0.25, 0.3) is 5.91 Å². The molecular formula is C17H36ClNO3. The van der Waals surface area contributed by atoms with Gasteiger partial charge in [-0.15, -0.1) is 17.5 Å². The van der Waals surface area contributed by atoms with Gasteiger partial charge < -0.3 is 9.47 Å². The molecule has 134 valence electrons. The molecule has 1 saturated heterocycles. The summed E-state index contributed by atoms with van der Waals surface area (Å²) < 4.78 is 12.4. The lowest BCUT2D eigenvalue weighted by molar-refractivity contribution is -0.419. The van der Waals surface area contributed by atoms with Crippen LogP contribution < -0.4 is 0 Å². The lowest BCUT2D eigenvalue weighted by Gasteiger charge is -2.44. The Bertz CT molecular complexity index is 244. The maximum absolute atomic E-state index is 6.18. The average molecular weight is 338 g/mol. The van der Waals surface area contributed by atoms with Gasteiger partial charge in [-0.2, -0.15) is 0 Å². The second kappa shape index (κ2) is 13.6. The third kappa shape index (κ3) is 7.60. The van der Waals surface area contributed by atoms with Crippen molar-refractivity contribution < 1.29 is 14.3 Å². The van der Waals surface area contributed by atoms with E-state index in [9.17, 15) is 0 Å². The first-order valence-corrected chi connectivity index (χ1v) is 8.97. The number of hydrogen-bond donors (Lipinski definition) is 0. The van der Waals surface area contributed by atoms with Gasteiger partial charge >= 0.3 is 0 Å². The highest BCUT2D eigenvalue weighted by Gasteiger charge is 2.42. The van der Waals surface area contributed by atoms with Gasteiger partial charge in [0, 0.05) is 13.0 Å². The van der Waals surface area contributed by atoms with E-state index >= 15 is 0 Å². The molecule has 0 spiro atoms. The van der Waals surface area contributed by atoms with Crippen LogP contribution in [0.2, 0.25) is 0 Å². The van der Waals surface area contributed by atoms with Crippen LogP contribution in [0.1, 0.15) is 78.6 Å². The third-order valence-electron chi connectivity index (χ3n) is 3.88. The molecule has 0 bridgehead atoms. The lowest BCUT2D eigenvalue weighted by Crippen LogP contribution is -2.56. The molecule has 0 radical (unpaired) electrons. The number of ether oxygens (including phenoxy) is 2. The van der Waals surface area contributed by atoms with Crippen LogP contribution in [-0.2, 0) is 14.3 Å². The van der Waals surface area contributed by atoms with Gasteiger partial charge in [0.05, 0.1) is 19.8 Å². The molecule has 5 heteroatoms. The zero-order valence-electron chi connectivity index (χ0n) is 14.8. The average Bonchev–Trinajstić information content (AvgIpc) is 2.50. The summed E-state index contributed by atoms with van der Waals surface area (Å²) in [6, 6.07) is 0. The normalized spacial score (nSPS) is 18.1. The van der Waals surface area contributed by atoms with Gasteiger partial charge in [-0.05, 0) is 32.1 Å². The zero-order chi connectivity index (χ0) is 15.4. The Morgan fingerprint density at radius 2 is 1.36 bits per heavy atom. The SMILES string of the molecule is CCCCON1CCCCC1(OCCCC)OCCCC.Cl. The maximum atomic E-state index is 6.18. The van der Waals surface area contributed by atoms with Crippen LogP contribution in [0.5, 0.6) is 0 Å². The summed E-state index contributed by atoms with van der Waals surface area (Å²) in [6.07, 6.45) is 9.86. The Balaban J connectivity index is 0.00000441. The molecule has 0 aromatic heterocycles. The van der Waals surface area contributed by atoms with Gasteiger partial charge in [-0.1, -0.05) is 40.0 Å². The van der Waals surface area contributed by atoms with Crippen molar-refractivity contribution in [3.8, 4) is 0 Å². The fraction of sp³-hybridized carbons (Fsp3) is 1.00. The quantitative estimate of drug-likeness (QED) is 0.374. The van der Waals surface area contributed by atoms with E-state index in [1.54, 1.807) is 0 Å². The molecule has 4 nitrogen and oxygen atoms in total. The van der Waals surface area contributed by atoms with Crippen molar-refractivity contribution in [2.24, 2.45) is 0 Å². The van der Waals surface area contributed by atoms with Crippen molar-refractivity contribution in [1.29, 1.82) is 0 Å². The smallest absolute Gasteiger partial charge is 0.252 e. The number of nitrogens with zero attached hydrogens (tertiary/aromatic N) is 1. The third-order valence-corrected chi connectivity index (χ3v) is 3.88. The Hall–Kier alpha value is 0.130. The standard InChI is InChI=1S/C17H35NO3.ClH/c1-4-7-14-19-17(20-15-8-5-2)12-10-11-13-18(17)21-16-9-6-3;/h4-16H2,1-3H3;1H. The summed E-state index contributed by atoms with van der Waals surface area (Å²) in [5.41, 5.74) is 0. The van der Waals surface area contributed by atoms with Gasteiger partial charge in [0.15, 0.2) is 0 Å². The molecule has 0 atom stereocenters. The molecule has 1 heterocycles. The lowest BCUT2D eigenvalue weighted by atomic mass is 10.1. The summed E-state index contributed by atoms with van der Waals surface area (Å²) in [4.78, 5) is 5.98. The zero-order valence-corrected chi connectivity index (χ0v) is 15.6. The molecule has 0 aromatic carbocycles. The van der Waals surface area contributed by atoms with E-state index in [2.05, 4.69) is 20.8 Å². The van der Waals surface area contributed by atoms with E-state index < -0.39 is 5.91 Å². The highest BCUT2D eigenvalue weighted by molar-refractivity contribution is 5.85. The van der Waals surface area contributed by atoms with Crippen LogP contribution >= 0.6 is 12.4 Å². The Kier molecular flexibility index (Phi) is 13.6. The predicted molar refractivity (Wildman–Crippen MR) is 93.1 cm³/mol. The largest absolute Gasteiger partial charge is 0.336 e. The van der Waals surface area contributed by atoms with Crippen LogP contribution in [0.25, 0.3) is 0 Å². The molecule has 0 unspecified atom stereocenters. The molecule has 1 aliphatic heterocycles. The summed E-state index contributed by atoms with van der Waals surface area (Å²) in [5, 5.41) is 1.98. The van der Waals surface area contributed by atoms with Crippen LogP contribution in [0.4, 0.5) is 0 Å². The van der Waals surface area contributed by atoms with Crippen LogP contribution in [0.3, 0.4) is 0 Å². The number of rotatable bonds is 12. The molecule has 22 heavy (non-hydrogen) atoms. The van der Waals surface area contributed by atoms with Crippen molar-refractivity contribution in [2.45, 2.75) is 84.5 Å². The van der Waals surface area contributed by atoms with E-state index in [-0.39, 0.29) is 12.4 Å². The van der Waals surface area contributed by atoms with Crippen LogP contribution in [0, 0.1) is 0 Å². The molecule has 1 aliphatic rings. The first kappa shape index (κ1) is 22.1. The van der Waals surface area contributed by atoms with E-state index in [1.807, 2.05) is 5.06 Å². The topological polar surface area (TPSA) is 30.9 Å². The summed E-state index contributed by atoms with van der Waals surface area (Å²) in [7, 11) is 0. The predicted octanol–water partition coefficient (Wildman–Crippen LogP) is 4.91. The number of hydrogen-bond acceptors (Lipinski definition) is 4. The number of piperidine rings is 1. The van der Waals surface area contributed by atoms with E-state index in [1.165, 1.54) is 0 Å². The summed E-state index contributed by atoms with van der Waals surface area (Å²) >= 11 is 0. The van der Waals surface area contributed by atoms with Crippen LogP contribution in [0.15, 0.2) is 0 Å². The van der Waals surface area contributed by atoms with Gasteiger partial charge in [-0.3, -0.25) is 4.84 Å². The van der Waals surface area contributed by atoms with Crippen molar-refractivity contribution in [1.82, 2.24) is 5.06 Å². The monoisotopic (exact) mass is 337 g/mol. The van der Waals surface area contributed by atoms with E-state index in [0.717, 1.165) is 84.2 Å². The first-order chi connectivity index (χ1) is 10.3. The molecule has 0 saturated carbocycles. The molecule has 0 amide bonds. The van der Waals surface area contributed by atoms with Crippen molar-refractivity contribution in [3.05, 3.63) is 0 Å². The molecule has 0 aliphatic carbocycles. The minimum absolute atomic E-state index is 0. The van der Waals surface area contributed by atoms with Gasteiger partial charge in [-0.25, -0.2) is 0 Å². The van der Waals surface area contributed by atoms with Crippen molar-refractivity contribution in [2.75, 3.05) is 26.4 Å². The van der Waals surface area contributed by atoms with Gasteiger partial charge in [0.2, 0.25) is 0 Å². The fourth-order valence-electron chi connectivity index (χ4n) is 2.46. The summed E-state index contributed by atoms with van der Waals surface area (Å²) in [6.45, 7) is 9.71.